The molecule has 0 radical (unpaired) electrons. The second kappa shape index (κ2) is 9.64. The van der Waals surface area contributed by atoms with E-state index < -0.39 is 0 Å². The Morgan fingerprint density at radius 3 is 1.96 bits per heavy atom. The van der Waals surface area contributed by atoms with Crippen molar-refractivity contribution >= 4 is 11.0 Å². The Morgan fingerprint density at radius 2 is 1.33 bits per heavy atom. The van der Waals surface area contributed by atoms with Gasteiger partial charge in [-0.25, -0.2) is 9.97 Å². The minimum absolute atomic E-state index is 0.0360. The molecule has 2 aromatic rings. The molecule has 0 saturated carbocycles. The van der Waals surface area contributed by atoms with Gasteiger partial charge in [0.25, 0.3) is 0 Å². The van der Waals surface area contributed by atoms with Crippen LogP contribution in [0.3, 0.4) is 0 Å². The van der Waals surface area contributed by atoms with Crippen LogP contribution in [-0.4, -0.2) is 54.7 Å². The summed E-state index contributed by atoms with van der Waals surface area (Å²) in [5, 5.41) is 8.57. The summed E-state index contributed by atoms with van der Waals surface area (Å²) in [6.45, 7) is 8.83. The molecule has 0 aliphatic heterocycles. The van der Waals surface area contributed by atoms with Crippen molar-refractivity contribution in [3.05, 3.63) is 34.6 Å². The molecule has 1 heterocycles. The number of rotatable bonds is 10. The zero-order valence-electron chi connectivity index (χ0n) is 14.7. The molecule has 0 bridgehead atoms. The fraction of sp³-hybridized carbons (Fsp3) is 0.556. The molecular weight excluding hydrogens is 308 g/mol. The summed E-state index contributed by atoms with van der Waals surface area (Å²) in [4.78, 5) is 9.41. The third-order valence-corrected chi connectivity index (χ3v) is 3.72. The van der Waals surface area contributed by atoms with Gasteiger partial charge < -0.3 is 19.3 Å². The number of ether oxygens (including phenoxy) is 3. The molecular formula is C18H26N2O4. The van der Waals surface area contributed by atoms with Gasteiger partial charge in [0.15, 0.2) is 0 Å². The monoisotopic (exact) mass is 334 g/mol. The van der Waals surface area contributed by atoms with Gasteiger partial charge in [-0.15, -0.1) is 0 Å². The lowest BCUT2D eigenvalue weighted by atomic mass is 10.1. The van der Waals surface area contributed by atoms with Crippen LogP contribution in [0.25, 0.3) is 11.0 Å². The van der Waals surface area contributed by atoms with Gasteiger partial charge in [-0.05, 0) is 31.9 Å². The van der Waals surface area contributed by atoms with E-state index in [2.05, 4.69) is 17.1 Å². The smallest absolute Gasteiger partial charge is 0.0923 e. The molecule has 2 rings (SSSR count). The number of hydrogen-bond donors (Lipinski definition) is 1. The summed E-state index contributed by atoms with van der Waals surface area (Å²) in [5.41, 5.74) is 5.92. The average Bonchev–Trinajstić information content (AvgIpc) is 2.57. The van der Waals surface area contributed by atoms with Crippen molar-refractivity contribution in [3.63, 3.8) is 0 Å². The van der Waals surface area contributed by atoms with Gasteiger partial charge in [-0.1, -0.05) is 12.1 Å². The molecule has 0 aliphatic carbocycles. The number of aryl methyl sites for hydroxylation is 3. The van der Waals surface area contributed by atoms with Crippen LogP contribution in [0.15, 0.2) is 12.1 Å². The van der Waals surface area contributed by atoms with Crippen LogP contribution in [-0.2, 0) is 20.8 Å². The highest BCUT2D eigenvalue weighted by molar-refractivity contribution is 5.81. The Hall–Kier alpha value is -1.60. The lowest BCUT2D eigenvalue weighted by molar-refractivity contribution is 0.00396. The second-order valence-corrected chi connectivity index (χ2v) is 5.65. The summed E-state index contributed by atoms with van der Waals surface area (Å²) in [6.07, 6.45) is 0. The summed E-state index contributed by atoms with van der Waals surface area (Å²) in [7, 11) is 0. The number of nitrogens with zero attached hydrogens (tertiary/aromatic N) is 2. The molecule has 0 unspecified atom stereocenters. The summed E-state index contributed by atoms with van der Waals surface area (Å²) in [6, 6.07) is 4.14. The van der Waals surface area contributed by atoms with E-state index in [1.54, 1.807) is 0 Å². The van der Waals surface area contributed by atoms with Gasteiger partial charge in [-0.2, -0.15) is 0 Å². The predicted octanol–water partition coefficient (Wildman–Crippen LogP) is 2.10. The van der Waals surface area contributed by atoms with Gasteiger partial charge in [0.1, 0.15) is 0 Å². The maximum Gasteiger partial charge on any atom is 0.0923 e. The Balaban J connectivity index is 1.81. The van der Waals surface area contributed by atoms with Crippen molar-refractivity contribution in [1.82, 2.24) is 9.97 Å². The molecule has 1 N–H and O–H groups in total. The van der Waals surface area contributed by atoms with Crippen molar-refractivity contribution in [1.29, 1.82) is 0 Å². The zero-order chi connectivity index (χ0) is 17.4. The molecule has 0 atom stereocenters. The van der Waals surface area contributed by atoms with Crippen molar-refractivity contribution in [3.8, 4) is 0 Å². The quantitative estimate of drug-likeness (QED) is 0.671. The van der Waals surface area contributed by atoms with E-state index in [1.165, 1.54) is 0 Å². The number of fused-ring (bicyclic) bond motifs is 1. The number of aromatic nitrogens is 2. The van der Waals surface area contributed by atoms with Crippen LogP contribution < -0.4 is 0 Å². The number of benzene rings is 1. The Bertz CT molecular complexity index is 661. The van der Waals surface area contributed by atoms with Crippen molar-refractivity contribution in [2.24, 2.45) is 0 Å². The average molecular weight is 334 g/mol. The van der Waals surface area contributed by atoms with Crippen LogP contribution in [0.5, 0.6) is 0 Å². The molecule has 132 valence electrons. The van der Waals surface area contributed by atoms with Gasteiger partial charge in [0, 0.05) is 0 Å². The minimum Gasteiger partial charge on any atom is -0.394 e. The Labute approximate surface area is 142 Å². The Kier molecular flexibility index (Phi) is 7.52. The van der Waals surface area contributed by atoms with Crippen LogP contribution in [0.4, 0.5) is 0 Å². The van der Waals surface area contributed by atoms with Gasteiger partial charge in [-0.3, -0.25) is 0 Å². The summed E-state index contributed by atoms with van der Waals surface area (Å²) < 4.78 is 16.1. The van der Waals surface area contributed by atoms with Crippen molar-refractivity contribution in [2.75, 3.05) is 39.6 Å². The van der Waals surface area contributed by atoms with E-state index in [4.69, 9.17) is 24.3 Å². The van der Waals surface area contributed by atoms with Crippen LogP contribution in [0.2, 0.25) is 0 Å². The first-order valence-electron chi connectivity index (χ1n) is 8.21. The van der Waals surface area contributed by atoms with E-state index in [-0.39, 0.29) is 6.61 Å². The van der Waals surface area contributed by atoms with E-state index in [0.29, 0.717) is 39.6 Å². The summed E-state index contributed by atoms with van der Waals surface area (Å²) in [5.74, 6) is 0. The highest BCUT2D eigenvalue weighted by Gasteiger charge is 2.09. The zero-order valence-corrected chi connectivity index (χ0v) is 14.7. The standard InChI is InChI=1S/C18H26N2O4/c1-13-4-5-14(2)18-17(13)19-15(3)16(20-18)12-24-11-10-23-9-8-22-7-6-21/h4-5,21H,6-12H2,1-3H3. The molecule has 6 heteroatoms. The number of hydrogen-bond acceptors (Lipinski definition) is 6. The van der Waals surface area contributed by atoms with E-state index in [9.17, 15) is 0 Å². The Morgan fingerprint density at radius 1 is 0.792 bits per heavy atom. The minimum atomic E-state index is 0.0360. The third kappa shape index (κ3) is 5.21. The SMILES string of the molecule is Cc1nc2c(C)ccc(C)c2nc1COCCOCCOCCO. The fourth-order valence-electron chi connectivity index (χ4n) is 2.32. The molecule has 0 amide bonds. The highest BCUT2D eigenvalue weighted by atomic mass is 16.5. The van der Waals surface area contributed by atoms with Gasteiger partial charge in [0.05, 0.1) is 68.7 Å². The molecule has 1 aromatic heterocycles. The van der Waals surface area contributed by atoms with E-state index >= 15 is 0 Å². The van der Waals surface area contributed by atoms with Gasteiger partial charge in [0.2, 0.25) is 0 Å². The van der Waals surface area contributed by atoms with Crippen molar-refractivity contribution in [2.45, 2.75) is 27.4 Å². The highest BCUT2D eigenvalue weighted by Crippen LogP contribution is 2.20. The maximum atomic E-state index is 8.57. The van der Waals surface area contributed by atoms with Crippen LogP contribution >= 0.6 is 0 Å². The maximum absolute atomic E-state index is 8.57. The van der Waals surface area contributed by atoms with Gasteiger partial charge >= 0.3 is 0 Å². The van der Waals surface area contributed by atoms with E-state index in [0.717, 1.165) is 33.5 Å². The molecule has 0 saturated heterocycles. The van der Waals surface area contributed by atoms with Crippen LogP contribution in [0.1, 0.15) is 22.5 Å². The summed E-state index contributed by atoms with van der Waals surface area (Å²) >= 11 is 0. The molecule has 0 aliphatic rings. The predicted molar refractivity (Wildman–Crippen MR) is 92.1 cm³/mol. The molecule has 0 spiro atoms. The normalized spacial score (nSPS) is 11.3. The lowest BCUT2D eigenvalue weighted by Gasteiger charge is -2.10. The third-order valence-electron chi connectivity index (χ3n) is 3.72. The fourth-order valence-corrected chi connectivity index (χ4v) is 2.32. The largest absolute Gasteiger partial charge is 0.394 e. The van der Waals surface area contributed by atoms with Crippen molar-refractivity contribution < 1.29 is 19.3 Å². The lowest BCUT2D eigenvalue weighted by Crippen LogP contribution is -2.11. The molecule has 6 nitrogen and oxygen atoms in total. The number of aliphatic hydroxyl groups excluding tert-OH is 1. The second-order valence-electron chi connectivity index (χ2n) is 5.65. The molecule has 0 fully saturated rings. The first kappa shape index (κ1) is 18.7. The number of aliphatic hydroxyl groups is 1. The topological polar surface area (TPSA) is 73.7 Å². The van der Waals surface area contributed by atoms with Crippen LogP contribution in [0, 0.1) is 20.8 Å². The first-order valence-corrected chi connectivity index (χ1v) is 8.21. The molecule has 24 heavy (non-hydrogen) atoms. The first-order chi connectivity index (χ1) is 11.6. The van der Waals surface area contributed by atoms with E-state index in [1.807, 2.05) is 20.8 Å². The molecule has 1 aromatic carbocycles.